The van der Waals surface area contributed by atoms with E-state index in [-0.39, 0.29) is 25.2 Å². The van der Waals surface area contributed by atoms with Crippen LogP contribution in [0.5, 0.6) is 0 Å². The van der Waals surface area contributed by atoms with Crippen molar-refractivity contribution in [3.63, 3.8) is 0 Å². The summed E-state index contributed by atoms with van der Waals surface area (Å²) in [4.78, 5) is 24.5. The molecule has 0 heterocycles. The molecule has 0 fully saturated rings. The van der Waals surface area contributed by atoms with Crippen molar-refractivity contribution in [1.82, 2.24) is 0 Å². The van der Waals surface area contributed by atoms with Crippen LogP contribution in [0.3, 0.4) is 0 Å². The van der Waals surface area contributed by atoms with Crippen molar-refractivity contribution in [2.45, 2.75) is 264 Å². The maximum atomic E-state index is 12.3. The molecule has 0 rings (SSSR count). The van der Waals surface area contributed by atoms with Crippen molar-refractivity contribution < 1.29 is 24.2 Å². The van der Waals surface area contributed by atoms with E-state index in [2.05, 4.69) is 111 Å². The molecule has 1 N–H and O–H groups in total. The first-order chi connectivity index (χ1) is 32.6. The van der Waals surface area contributed by atoms with Gasteiger partial charge in [0, 0.05) is 12.8 Å². The van der Waals surface area contributed by atoms with Crippen molar-refractivity contribution in [1.29, 1.82) is 0 Å². The monoisotopic (exact) mass is 917 g/mol. The number of hydrogen-bond acceptors (Lipinski definition) is 5. The number of unbranched alkanes of at least 4 members (excludes halogenated alkanes) is 26. The first-order valence-electron chi connectivity index (χ1n) is 27.8. The number of hydrogen-bond donors (Lipinski definition) is 1. The Morgan fingerprint density at radius 2 is 0.652 bits per heavy atom. The van der Waals surface area contributed by atoms with E-state index in [0.717, 1.165) is 89.9 Å². The molecule has 0 saturated carbocycles. The third-order valence-electron chi connectivity index (χ3n) is 11.9. The summed E-state index contributed by atoms with van der Waals surface area (Å²) in [5.41, 5.74) is 0. The summed E-state index contributed by atoms with van der Waals surface area (Å²) in [5, 5.41) is 9.63. The van der Waals surface area contributed by atoms with Crippen LogP contribution in [0.1, 0.15) is 258 Å². The van der Waals surface area contributed by atoms with Gasteiger partial charge in [-0.25, -0.2) is 0 Å². The highest BCUT2D eigenvalue weighted by molar-refractivity contribution is 5.70. The lowest BCUT2D eigenvalue weighted by Gasteiger charge is -2.15. The Balaban J connectivity index is 3.51. The standard InChI is InChI=1S/C61H104O5/c1-3-5-7-9-11-13-15-17-19-21-23-24-25-26-27-28-29-30-31-32-33-34-35-36-38-39-41-43-45-47-49-51-53-55-60(63)65-58-59(57-62)66-61(64)56-54-52-50-48-46-44-42-40-37-22-20-18-16-14-12-10-8-6-4-2/h6,8,12,14-15,17-18,20-21,23,25-26,37,40,44,46,59,62H,3-5,7,9-11,13,16,19,22,24,27-36,38-39,41-43,45,47-58H2,1-2H3/b8-6-,14-12-,17-15-,20-18-,23-21-,26-25-,40-37-,46-44-. The molecule has 0 bridgehead atoms. The quantitative estimate of drug-likeness (QED) is 0.0374. The lowest BCUT2D eigenvalue weighted by atomic mass is 10.0. The lowest BCUT2D eigenvalue weighted by molar-refractivity contribution is -0.161. The largest absolute Gasteiger partial charge is 0.462 e. The zero-order valence-corrected chi connectivity index (χ0v) is 43.2. The normalized spacial score (nSPS) is 13.0. The number of allylic oxidation sites excluding steroid dienone is 16. The Morgan fingerprint density at radius 3 is 1.00 bits per heavy atom. The fraction of sp³-hybridized carbons (Fsp3) is 0.705. The van der Waals surface area contributed by atoms with Crippen LogP contribution in [0.25, 0.3) is 0 Å². The minimum atomic E-state index is -0.795. The van der Waals surface area contributed by atoms with Crippen LogP contribution >= 0.6 is 0 Å². The molecule has 1 atom stereocenters. The highest BCUT2D eigenvalue weighted by Gasteiger charge is 2.16. The van der Waals surface area contributed by atoms with Gasteiger partial charge in [-0.1, -0.05) is 246 Å². The molecule has 0 amide bonds. The maximum Gasteiger partial charge on any atom is 0.306 e. The number of carbonyl (C=O) groups is 2. The second kappa shape index (κ2) is 56.1. The topological polar surface area (TPSA) is 72.8 Å². The van der Waals surface area contributed by atoms with E-state index < -0.39 is 6.10 Å². The van der Waals surface area contributed by atoms with Gasteiger partial charge in [0.15, 0.2) is 6.10 Å². The Bertz CT molecular complexity index is 1270. The number of aliphatic hydroxyl groups is 1. The molecule has 0 aromatic heterocycles. The first-order valence-corrected chi connectivity index (χ1v) is 27.8. The van der Waals surface area contributed by atoms with Gasteiger partial charge in [0.1, 0.15) is 6.61 Å². The highest BCUT2D eigenvalue weighted by Crippen LogP contribution is 2.16. The zero-order valence-electron chi connectivity index (χ0n) is 43.2. The van der Waals surface area contributed by atoms with Crippen LogP contribution < -0.4 is 0 Å². The fourth-order valence-corrected chi connectivity index (χ4v) is 7.71. The van der Waals surface area contributed by atoms with Gasteiger partial charge in [0.2, 0.25) is 0 Å². The third kappa shape index (κ3) is 53.4. The molecule has 378 valence electrons. The molecule has 66 heavy (non-hydrogen) atoms. The van der Waals surface area contributed by atoms with Crippen molar-refractivity contribution in [2.75, 3.05) is 13.2 Å². The molecule has 5 nitrogen and oxygen atoms in total. The number of aliphatic hydroxyl groups excluding tert-OH is 1. The van der Waals surface area contributed by atoms with Gasteiger partial charge < -0.3 is 14.6 Å². The van der Waals surface area contributed by atoms with E-state index in [4.69, 9.17) is 9.47 Å². The molecule has 0 aromatic carbocycles. The van der Waals surface area contributed by atoms with Crippen molar-refractivity contribution >= 4 is 11.9 Å². The predicted molar refractivity (Wildman–Crippen MR) is 288 cm³/mol. The van der Waals surface area contributed by atoms with Crippen LogP contribution in [0.2, 0.25) is 0 Å². The van der Waals surface area contributed by atoms with E-state index >= 15 is 0 Å². The van der Waals surface area contributed by atoms with Gasteiger partial charge >= 0.3 is 11.9 Å². The molecule has 0 aliphatic carbocycles. The molecule has 0 aliphatic rings. The first kappa shape index (κ1) is 62.8. The summed E-state index contributed by atoms with van der Waals surface area (Å²) in [7, 11) is 0. The Hall–Kier alpha value is -3.18. The Morgan fingerprint density at radius 1 is 0.364 bits per heavy atom. The van der Waals surface area contributed by atoms with Crippen LogP contribution in [0.4, 0.5) is 0 Å². The Labute approximate surface area is 408 Å². The van der Waals surface area contributed by atoms with E-state index in [0.29, 0.717) is 12.8 Å². The average Bonchev–Trinajstić information content (AvgIpc) is 3.32. The van der Waals surface area contributed by atoms with E-state index in [1.807, 2.05) is 0 Å². The van der Waals surface area contributed by atoms with Gasteiger partial charge in [-0.05, 0) is 96.3 Å². The fourth-order valence-electron chi connectivity index (χ4n) is 7.71. The molecule has 0 radical (unpaired) electrons. The summed E-state index contributed by atoms with van der Waals surface area (Å²) in [6, 6.07) is 0. The molecular weight excluding hydrogens is 813 g/mol. The van der Waals surface area contributed by atoms with E-state index in [1.165, 1.54) is 141 Å². The number of ether oxygens (including phenoxy) is 2. The average molecular weight is 917 g/mol. The van der Waals surface area contributed by atoms with Gasteiger partial charge in [0.05, 0.1) is 6.61 Å². The molecule has 0 spiro atoms. The molecule has 0 saturated heterocycles. The van der Waals surface area contributed by atoms with Crippen LogP contribution in [-0.4, -0.2) is 36.4 Å². The van der Waals surface area contributed by atoms with Crippen LogP contribution in [-0.2, 0) is 19.1 Å². The van der Waals surface area contributed by atoms with Gasteiger partial charge in [0.25, 0.3) is 0 Å². The minimum absolute atomic E-state index is 0.0826. The number of rotatable bonds is 50. The summed E-state index contributed by atoms with van der Waals surface area (Å²) < 4.78 is 10.7. The Kier molecular flexibility index (Phi) is 53.4. The van der Waals surface area contributed by atoms with E-state index in [1.54, 1.807) is 0 Å². The lowest BCUT2D eigenvalue weighted by Crippen LogP contribution is -2.28. The van der Waals surface area contributed by atoms with Gasteiger partial charge in [-0.2, -0.15) is 0 Å². The smallest absolute Gasteiger partial charge is 0.306 e. The van der Waals surface area contributed by atoms with Crippen LogP contribution in [0, 0.1) is 0 Å². The molecule has 5 heteroatoms. The van der Waals surface area contributed by atoms with E-state index in [9.17, 15) is 14.7 Å². The summed E-state index contributed by atoms with van der Waals surface area (Å²) in [6.07, 6.45) is 79.5. The third-order valence-corrected chi connectivity index (χ3v) is 11.9. The highest BCUT2D eigenvalue weighted by atomic mass is 16.6. The molecule has 0 aliphatic heterocycles. The minimum Gasteiger partial charge on any atom is -0.462 e. The van der Waals surface area contributed by atoms with Crippen molar-refractivity contribution in [2.24, 2.45) is 0 Å². The van der Waals surface area contributed by atoms with Crippen molar-refractivity contribution in [3.8, 4) is 0 Å². The van der Waals surface area contributed by atoms with Gasteiger partial charge in [-0.15, -0.1) is 0 Å². The number of esters is 2. The predicted octanol–water partition coefficient (Wildman–Crippen LogP) is 18.7. The zero-order chi connectivity index (χ0) is 47.7. The van der Waals surface area contributed by atoms with Crippen molar-refractivity contribution in [3.05, 3.63) is 97.2 Å². The van der Waals surface area contributed by atoms with Gasteiger partial charge in [-0.3, -0.25) is 9.59 Å². The summed E-state index contributed by atoms with van der Waals surface area (Å²) >= 11 is 0. The van der Waals surface area contributed by atoms with Crippen LogP contribution in [0.15, 0.2) is 97.2 Å². The molecular formula is C61H104O5. The SMILES string of the molecule is CC/C=C\C/C=C\C/C=C\C/C=C\C/C=C\CCCCCC(=O)OC(CO)COC(=O)CCCCCCCCCCCCCCCCCCCC/C=C\C/C=C\C/C=C\CCCCCCC. The summed E-state index contributed by atoms with van der Waals surface area (Å²) in [5.74, 6) is -0.627. The second-order valence-corrected chi connectivity index (χ2v) is 18.3. The summed E-state index contributed by atoms with van der Waals surface area (Å²) in [6.45, 7) is 4.00. The number of carbonyl (C=O) groups excluding carboxylic acids is 2. The maximum absolute atomic E-state index is 12.3. The second-order valence-electron chi connectivity index (χ2n) is 18.3. The molecule has 1 unspecified atom stereocenters. The molecule has 0 aromatic rings.